The van der Waals surface area contributed by atoms with E-state index < -0.39 is 0 Å². The molecule has 7 heteroatoms. The highest BCUT2D eigenvalue weighted by atomic mass is 79.9. The van der Waals surface area contributed by atoms with E-state index in [9.17, 15) is 4.79 Å². The van der Waals surface area contributed by atoms with Gasteiger partial charge in [-0.05, 0) is 67.1 Å². The van der Waals surface area contributed by atoms with Crippen molar-refractivity contribution in [3.8, 4) is 17.0 Å². The molecule has 0 atom stereocenters. The average Bonchev–Trinajstić information content (AvgIpc) is 3.42. The van der Waals surface area contributed by atoms with Crippen molar-refractivity contribution in [2.75, 3.05) is 7.11 Å². The minimum atomic E-state index is -0.0545. The lowest BCUT2D eigenvalue weighted by Gasteiger charge is -2.08. The van der Waals surface area contributed by atoms with Crippen LogP contribution in [0.5, 0.6) is 5.75 Å². The number of aromatic nitrogens is 2. The molecule has 34 heavy (non-hydrogen) atoms. The third-order valence-corrected chi connectivity index (χ3v) is 7.76. The van der Waals surface area contributed by atoms with Crippen LogP contribution >= 0.6 is 43.2 Å². The molecule has 3 aromatic carbocycles. The summed E-state index contributed by atoms with van der Waals surface area (Å²) in [4.78, 5) is 18.4. The van der Waals surface area contributed by atoms with Gasteiger partial charge in [-0.25, -0.2) is 4.98 Å². The van der Waals surface area contributed by atoms with E-state index in [1.807, 2.05) is 61.5 Å². The largest absolute Gasteiger partial charge is 0.497 e. The molecule has 0 aliphatic rings. The number of carbonyl (C=O) groups is 1. The van der Waals surface area contributed by atoms with Crippen LogP contribution < -0.4 is 4.74 Å². The molecule has 0 aliphatic heterocycles. The number of halogens is 2. The molecule has 0 N–H and O–H groups in total. The van der Waals surface area contributed by atoms with Crippen molar-refractivity contribution < 1.29 is 9.53 Å². The molecule has 0 saturated heterocycles. The summed E-state index contributed by atoms with van der Waals surface area (Å²) in [6.07, 6.45) is 0.636. The Labute approximate surface area is 218 Å². The van der Waals surface area contributed by atoms with Crippen molar-refractivity contribution in [3.05, 3.63) is 103 Å². The van der Waals surface area contributed by atoms with Crippen LogP contribution in [0, 0.1) is 6.92 Å². The molecule has 4 nitrogen and oxygen atoms in total. The van der Waals surface area contributed by atoms with Crippen molar-refractivity contribution in [2.24, 2.45) is 0 Å². The number of thiazole rings is 1. The van der Waals surface area contributed by atoms with Gasteiger partial charge in [-0.2, -0.15) is 0 Å². The molecule has 0 unspecified atom stereocenters. The van der Waals surface area contributed by atoms with Gasteiger partial charge in [0, 0.05) is 43.0 Å². The monoisotopic (exact) mass is 594 g/mol. The van der Waals surface area contributed by atoms with E-state index in [4.69, 9.17) is 9.72 Å². The molecular formula is C27H20Br2N2O2S. The van der Waals surface area contributed by atoms with Crippen LogP contribution in [0.4, 0.5) is 0 Å². The zero-order chi connectivity index (χ0) is 23.8. The van der Waals surface area contributed by atoms with Crippen molar-refractivity contribution in [1.82, 2.24) is 9.55 Å². The summed E-state index contributed by atoms with van der Waals surface area (Å²) in [5.74, 6) is 0.706. The zero-order valence-electron chi connectivity index (χ0n) is 18.5. The Morgan fingerprint density at radius 1 is 1.00 bits per heavy atom. The van der Waals surface area contributed by atoms with Gasteiger partial charge in [-0.3, -0.25) is 9.36 Å². The van der Waals surface area contributed by atoms with E-state index in [1.54, 1.807) is 23.0 Å². The third-order valence-electron chi connectivity index (χ3n) is 5.86. The lowest BCUT2D eigenvalue weighted by molar-refractivity contribution is 0.0963. The SMILES string of the molecule is COc1ccc2c(c1)c(Cc1nc(-c3ccc(Br)cc3)cs1)c(C)n2C(=O)c1ccc(Br)cc1. The molecule has 5 aromatic rings. The number of hydrogen-bond donors (Lipinski definition) is 0. The highest BCUT2D eigenvalue weighted by Crippen LogP contribution is 2.33. The Morgan fingerprint density at radius 3 is 2.35 bits per heavy atom. The number of carbonyl (C=O) groups excluding carboxylic acids is 1. The minimum absolute atomic E-state index is 0.0545. The third kappa shape index (κ3) is 4.35. The van der Waals surface area contributed by atoms with Crippen molar-refractivity contribution in [3.63, 3.8) is 0 Å². The Morgan fingerprint density at radius 2 is 1.68 bits per heavy atom. The molecule has 0 radical (unpaired) electrons. The number of hydrogen-bond acceptors (Lipinski definition) is 4. The van der Waals surface area contributed by atoms with Gasteiger partial charge < -0.3 is 4.74 Å². The standard InChI is InChI=1S/C27H20Br2N2O2S/c1-16-22(14-26-30-24(15-34-26)17-3-7-19(28)8-4-17)23-13-21(33-2)11-12-25(23)31(16)27(32)18-5-9-20(29)10-6-18/h3-13,15H,14H2,1-2H3. The fourth-order valence-electron chi connectivity index (χ4n) is 4.09. The minimum Gasteiger partial charge on any atom is -0.497 e. The summed E-state index contributed by atoms with van der Waals surface area (Å²) in [5, 5.41) is 4.09. The Bertz CT molecular complexity index is 1500. The number of fused-ring (bicyclic) bond motifs is 1. The highest BCUT2D eigenvalue weighted by Gasteiger charge is 2.21. The van der Waals surface area contributed by atoms with Crippen LogP contribution in [-0.4, -0.2) is 22.6 Å². The number of benzene rings is 3. The van der Waals surface area contributed by atoms with E-state index in [0.29, 0.717) is 12.0 Å². The maximum absolute atomic E-state index is 13.5. The summed E-state index contributed by atoms with van der Waals surface area (Å²) < 4.78 is 9.27. The predicted molar refractivity (Wildman–Crippen MR) is 145 cm³/mol. The molecular weight excluding hydrogens is 576 g/mol. The summed E-state index contributed by atoms with van der Waals surface area (Å²) in [7, 11) is 1.66. The van der Waals surface area contributed by atoms with Crippen molar-refractivity contribution in [1.29, 1.82) is 0 Å². The van der Waals surface area contributed by atoms with Crippen LogP contribution in [0.15, 0.2) is 81.1 Å². The average molecular weight is 596 g/mol. The van der Waals surface area contributed by atoms with Crippen LogP contribution in [0.3, 0.4) is 0 Å². The van der Waals surface area contributed by atoms with E-state index in [-0.39, 0.29) is 5.91 Å². The van der Waals surface area contributed by atoms with Crippen molar-refractivity contribution in [2.45, 2.75) is 13.3 Å². The number of methoxy groups -OCH3 is 1. The zero-order valence-corrected chi connectivity index (χ0v) is 22.5. The van der Waals surface area contributed by atoms with Gasteiger partial charge in [0.25, 0.3) is 5.91 Å². The fraction of sp³-hybridized carbons (Fsp3) is 0.111. The van der Waals surface area contributed by atoms with E-state index >= 15 is 0 Å². The predicted octanol–water partition coefficient (Wildman–Crippen LogP) is 7.89. The van der Waals surface area contributed by atoms with Crippen molar-refractivity contribution >= 4 is 60.0 Å². The lowest BCUT2D eigenvalue weighted by Crippen LogP contribution is -2.13. The second-order valence-corrected chi connectivity index (χ2v) is 10.7. The molecule has 0 fully saturated rings. The molecule has 0 spiro atoms. The lowest BCUT2D eigenvalue weighted by atomic mass is 10.1. The Balaban J connectivity index is 1.58. The molecule has 2 heterocycles. The first-order valence-electron chi connectivity index (χ1n) is 10.6. The number of ether oxygens (including phenoxy) is 1. The van der Waals surface area contributed by atoms with Gasteiger partial charge in [0.15, 0.2) is 0 Å². The van der Waals surface area contributed by atoms with Gasteiger partial charge in [-0.15, -0.1) is 11.3 Å². The number of rotatable bonds is 5. The first-order valence-corrected chi connectivity index (χ1v) is 13.1. The van der Waals surface area contributed by atoms with E-state index in [1.165, 1.54) is 0 Å². The highest BCUT2D eigenvalue weighted by molar-refractivity contribution is 9.10. The molecule has 0 aliphatic carbocycles. The maximum atomic E-state index is 13.5. The second-order valence-electron chi connectivity index (χ2n) is 7.90. The van der Waals surface area contributed by atoms with Crippen LogP contribution in [-0.2, 0) is 6.42 Å². The van der Waals surface area contributed by atoms with Gasteiger partial charge in [0.05, 0.1) is 23.3 Å². The summed E-state index contributed by atoms with van der Waals surface area (Å²) in [6, 6.07) is 21.5. The fourth-order valence-corrected chi connectivity index (χ4v) is 5.44. The second kappa shape index (κ2) is 9.49. The van der Waals surface area contributed by atoms with Crippen LogP contribution in [0.1, 0.15) is 26.6 Å². The van der Waals surface area contributed by atoms with E-state index in [0.717, 1.165) is 53.1 Å². The van der Waals surface area contributed by atoms with Gasteiger partial charge in [-0.1, -0.05) is 44.0 Å². The first-order chi connectivity index (χ1) is 16.4. The van der Waals surface area contributed by atoms with Gasteiger partial charge in [0.1, 0.15) is 5.75 Å². The Hall–Kier alpha value is -2.74. The topological polar surface area (TPSA) is 44.1 Å². The van der Waals surface area contributed by atoms with Crippen LogP contribution in [0.25, 0.3) is 22.2 Å². The Kier molecular flexibility index (Phi) is 6.42. The smallest absolute Gasteiger partial charge is 0.262 e. The summed E-state index contributed by atoms with van der Waals surface area (Å²) in [6.45, 7) is 2.00. The molecule has 0 bridgehead atoms. The molecule has 170 valence electrons. The molecule has 2 aromatic heterocycles. The molecule has 0 amide bonds. The maximum Gasteiger partial charge on any atom is 0.262 e. The molecule has 0 saturated carbocycles. The van der Waals surface area contributed by atoms with Gasteiger partial charge in [0.2, 0.25) is 0 Å². The molecule has 5 rings (SSSR count). The summed E-state index contributed by atoms with van der Waals surface area (Å²) in [5.41, 5.74) is 5.53. The van der Waals surface area contributed by atoms with E-state index in [2.05, 4.69) is 49.4 Å². The quantitative estimate of drug-likeness (QED) is 0.207. The van der Waals surface area contributed by atoms with Crippen LogP contribution in [0.2, 0.25) is 0 Å². The normalized spacial score (nSPS) is 11.2. The van der Waals surface area contributed by atoms with Gasteiger partial charge >= 0.3 is 0 Å². The first kappa shape index (κ1) is 23.0. The number of nitrogens with zero attached hydrogens (tertiary/aromatic N) is 2. The summed E-state index contributed by atoms with van der Waals surface area (Å²) >= 11 is 8.56.